The van der Waals surface area contributed by atoms with E-state index in [0.29, 0.717) is 26.1 Å². The van der Waals surface area contributed by atoms with Crippen LogP contribution < -0.4 is 5.32 Å². The van der Waals surface area contributed by atoms with Crippen LogP contribution in [-0.2, 0) is 9.59 Å². The fraction of sp³-hybridized carbons (Fsp3) is 0.429. The Labute approximate surface area is 168 Å². The molecule has 1 aromatic heterocycles. The van der Waals surface area contributed by atoms with E-state index >= 15 is 0 Å². The summed E-state index contributed by atoms with van der Waals surface area (Å²) >= 11 is 0. The third kappa shape index (κ3) is 3.39. The summed E-state index contributed by atoms with van der Waals surface area (Å²) in [7, 11) is 0. The molecule has 0 unspecified atom stereocenters. The highest BCUT2D eigenvalue weighted by Crippen LogP contribution is 2.47. The number of rotatable bonds is 3. The van der Waals surface area contributed by atoms with Crippen LogP contribution in [0, 0.1) is 5.92 Å². The first-order chi connectivity index (χ1) is 13.9. The second-order valence-electron chi connectivity index (χ2n) is 7.84. The largest absolute Gasteiger partial charge is 0.351 e. The summed E-state index contributed by atoms with van der Waals surface area (Å²) in [4.78, 5) is 41.0. The maximum Gasteiger partial charge on any atom is 0.292 e. The van der Waals surface area contributed by atoms with Crippen molar-refractivity contribution in [1.82, 2.24) is 20.3 Å². The second-order valence-corrected chi connectivity index (χ2v) is 7.84. The van der Waals surface area contributed by atoms with Crippen LogP contribution in [0.15, 0.2) is 47.1 Å². The summed E-state index contributed by atoms with van der Waals surface area (Å²) in [5, 5.41) is 6.71. The van der Waals surface area contributed by atoms with E-state index in [1.807, 2.05) is 35.2 Å². The summed E-state index contributed by atoms with van der Waals surface area (Å²) in [5.74, 6) is -0.325. The number of aromatic nitrogens is 1. The van der Waals surface area contributed by atoms with E-state index in [1.165, 1.54) is 19.2 Å². The Morgan fingerprint density at radius 2 is 1.90 bits per heavy atom. The lowest BCUT2D eigenvalue weighted by molar-refractivity contribution is -0.130. The number of amides is 3. The molecule has 1 aromatic carbocycles. The Morgan fingerprint density at radius 3 is 2.52 bits per heavy atom. The normalized spacial score (nSPS) is 26.1. The Kier molecular flexibility index (Phi) is 4.86. The van der Waals surface area contributed by atoms with Crippen molar-refractivity contribution < 1.29 is 18.9 Å². The van der Waals surface area contributed by atoms with Crippen molar-refractivity contribution in [3.05, 3.63) is 53.9 Å². The van der Waals surface area contributed by atoms with Crippen molar-refractivity contribution >= 4 is 17.7 Å². The molecule has 2 aliphatic rings. The molecule has 29 heavy (non-hydrogen) atoms. The number of nitrogens with zero attached hydrogens (tertiary/aromatic N) is 3. The third-order valence-corrected chi connectivity index (χ3v) is 5.97. The molecule has 0 radical (unpaired) electrons. The van der Waals surface area contributed by atoms with Gasteiger partial charge in [0.15, 0.2) is 0 Å². The summed E-state index contributed by atoms with van der Waals surface area (Å²) in [5.41, 5.74) is 0.321. The van der Waals surface area contributed by atoms with Gasteiger partial charge in [-0.15, -0.1) is 0 Å². The van der Waals surface area contributed by atoms with Crippen LogP contribution in [0.3, 0.4) is 0 Å². The highest BCUT2D eigenvalue weighted by Gasteiger charge is 2.57. The first-order valence-electron chi connectivity index (χ1n) is 9.72. The van der Waals surface area contributed by atoms with Gasteiger partial charge in [0.25, 0.3) is 5.91 Å². The number of benzene rings is 1. The van der Waals surface area contributed by atoms with E-state index < -0.39 is 5.54 Å². The summed E-state index contributed by atoms with van der Waals surface area (Å²) < 4.78 is 5.03. The number of hydrogen-bond donors (Lipinski definition) is 1. The number of likely N-dealkylation sites (tertiary alicyclic amines) is 2. The maximum atomic E-state index is 12.8. The van der Waals surface area contributed by atoms with Gasteiger partial charge in [-0.3, -0.25) is 14.4 Å². The number of fused-ring (bicyclic) bond motifs is 1. The van der Waals surface area contributed by atoms with Gasteiger partial charge in [0.2, 0.25) is 17.6 Å². The standard InChI is InChI=1S/C21H24N4O4/c1-14(26)23-21-12-24(20(28)18-8-10-22-29-18)11-9-17(21)19(25(13-21)15(2)27)16-6-4-3-5-7-16/h3-8,10,17,19H,9,11-13H2,1-2H3,(H,23,26)/t17-,19-,21-/m1/s1. The van der Waals surface area contributed by atoms with Crippen LogP contribution >= 0.6 is 0 Å². The minimum absolute atomic E-state index is 0.00326. The van der Waals surface area contributed by atoms with Crippen molar-refractivity contribution in [2.75, 3.05) is 19.6 Å². The van der Waals surface area contributed by atoms with Crippen molar-refractivity contribution in [2.24, 2.45) is 5.92 Å². The Bertz CT molecular complexity index is 914. The molecule has 8 nitrogen and oxygen atoms in total. The summed E-state index contributed by atoms with van der Waals surface area (Å²) in [6, 6.07) is 11.2. The smallest absolute Gasteiger partial charge is 0.292 e. The monoisotopic (exact) mass is 396 g/mol. The topological polar surface area (TPSA) is 95.8 Å². The number of carbonyl (C=O) groups excluding carboxylic acids is 3. The predicted octanol–water partition coefficient (Wildman–Crippen LogP) is 1.61. The van der Waals surface area contributed by atoms with Crippen LogP contribution in [0.2, 0.25) is 0 Å². The molecule has 4 rings (SSSR count). The molecule has 3 amide bonds. The van der Waals surface area contributed by atoms with Gasteiger partial charge in [-0.1, -0.05) is 35.5 Å². The summed E-state index contributed by atoms with van der Waals surface area (Å²) in [6.07, 6.45) is 2.09. The molecular weight excluding hydrogens is 372 g/mol. The molecule has 0 bridgehead atoms. The average molecular weight is 396 g/mol. The Morgan fingerprint density at radius 1 is 1.14 bits per heavy atom. The van der Waals surface area contributed by atoms with E-state index in [-0.39, 0.29) is 35.4 Å². The number of piperidine rings is 1. The zero-order valence-electron chi connectivity index (χ0n) is 16.5. The van der Waals surface area contributed by atoms with E-state index in [0.717, 1.165) is 5.56 Å². The van der Waals surface area contributed by atoms with Gasteiger partial charge in [0.05, 0.1) is 17.8 Å². The molecule has 2 aliphatic heterocycles. The first-order valence-corrected chi connectivity index (χ1v) is 9.72. The van der Waals surface area contributed by atoms with Gasteiger partial charge in [-0.25, -0.2) is 0 Å². The van der Waals surface area contributed by atoms with Gasteiger partial charge in [-0.2, -0.15) is 0 Å². The van der Waals surface area contributed by atoms with Gasteiger partial charge < -0.3 is 19.6 Å². The van der Waals surface area contributed by atoms with Crippen molar-refractivity contribution in [2.45, 2.75) is 31.8 Å². The lowest BCUT2D eigenvalue weighted by Gasteiger charge is -2.45. The van der Waals surface area contributed by atoms with Gasteiger partial charge in [-0.05, 0) is 12.0 Å². The fourth-order valence-electron chi connectivity index (χ4n) is 4.90. The van der Waals surface area contributed by atoms with Crippen molar-refractivity contribution in [1.29, 1.82) is 0 Å². The van der Waals surface area contributed by atoms with Crippen molar-refractivity contribution in [3.8, 4) is 0 Å². The molecule has 152 valence electrons. The van der Waals surface area contributed by atoms with E-state index in [4.69, 9.17) is 4.52 Å². The van der Waals surface area contributed by atoms with E-state index in [1.54, 1.807) is 11.8 Å². The number of carbonyl (C=O) groups is 3. The quantitative estimate of drug-likeness (QED) is 0.851. The van der Waals surface area contributed by atoms with Gasteiger partial charge >= 0.3 is 0 Å². The highest BCUT2D eigenvalue weighted by molar-refractivity contribution is 5.91. The Balaban J connectivity index is 1.71. The molecule has 3 atom stereocenters. The van der Waals surface area contributed by atoms with Crippen LogP contribution in [0.5, 0.6) is 0 Å². The number of nitrogens with one attached hydrogen (secondary N) is 1. The summed E-state index contributed by atoms with van der Waals surface area (Å²) in [6.45, 7) is 4.19. The minimum Gasteiger partial charge on any atom is -0.351 e. The maximum absolute atomic E-state index is 12.8. The lowest BCUT2D eigenvalue weighted by Crippen LogP contribution is -2.64. The molecule has 8 heteroatoms. The van der Waals surface area contributed by atoms with Gasteiger partial charge in [0.1, 0.15) is 0 Å². The van der Waals surface area contributed by atoms with Crippen LogP contribution in [0.25, 0.3) is 0 Å². The van der Waals surface area contributed by atoms with Crippen LogP contribution in [-0.4, -0.2) is 57.9 Å². The molecule has 2 aromatic rings. The molecular formula is C21H24N4O4. The molecule has 0 aliphatic carbocycles. The predicted molar refractivity (Wildman–Crippen MR) is 104 cm³/mol. The molecule has 2 fully saturated rings. The number of hydrogen-bond acceptors (Lipinski definition) is 5. The molecule has 1 N–H and O–H groups in total. The first kappa shape index (κ1) is 19.2. The average Bonchev–Trinajstić information content (AvgIpc) is 3.33. The Hall–Kier alpha value is -3.16. The highest BCUT2D eigenvalue weighted by atomic mass is 16.5. The van der Waals surface area contributed by atoms with E-state index in [2.05, 4.69) is 10.5 Å². The van der Waals surface area contributed by atoms with E-state index in [9.17, 15) is 14.4 Å². The minimum atomic E-state index is -0.716. The SMILES string of the molecule is CC(=O)N[C@@]12CN(C(=O)c3ccno3)CC[C@@H]1[C@@H](c1ccccc1)N(C(C)=O)C2. The second kappa shape index (κ2) is 7.35. The molecule has 0 spiro atoms. The zero-order chi connectivity index (χ0) is 20.6. The lowest BCUT2D eigenvalue weighted by atomic mass is 9.75. The molecule has 3 heterocycles. The molecule has 2 saturated heterocycles. The van der Waals surface area contributed by atoms with Crippen LogP contribution in [0.4, 0.5) is 0 Å². The van der Waals surface area contributed by atoms with Crippen LogP contribution in [0.1, 0.15) is 42.4 Å². The van der Waals surface area contributed by atoms with Crippen molar-refractivity contribution in [3.63, 3.8) is 0 Å². The third-order valence-electron chi connectivity index (χ3n) is 5.97. The zero-order valence-corrected chi connectivity index (χ0v) is 16.5. The molecule has 0 saturated carbocycles. The van der Waals surface area contributed by atoms with Gasteiger partial charge in [0, 0.05) is 45.5 Å². The fourth-order valence-corrected chi connectivity index (χ4v) is 4.90.